The van der Waals surface area contributed by atoms with Crippen LogP contribution in [0.4, 0.5) is 0 Å². The topological polar surface area (TPSA) is 79.3 Å². The molecule has 1 aliphatic carbocycles. The quantitative estimate of drug-likeness (QED) is 0.673. The molecule has 0 aromatic heterocycles. The number of methoxy groups -OCH3 is 1. The number of amides is 1. The molecule has 5 heteroatoms. The van der Waals surface area contributed by atoms with Crippen LogP contribution in [-0.4, -0.2) is 43.2 Å². The van der Waals surface area contributed by atoms with Crippen LogP contribution in [0.5, 0.6) is 0 Å². The molecule has 0 radical (unpaired) electrons. The summed E-state index contributed by atoms with van der Waals surface area (Å²) in [5.74, 6) is -0.0465. The Balaban J connectivity index is 2.43. The van der Waals surface area contributed by atoms with Crippen LogP contribution in [0.25, 0.3) is 0 Å². The number of hydrogen-bond acceptors (Lipinski definition) is 4. The number of nitriles is 1. The number of carbonyl (C=O) groups is 1. The standard InChI is InChI=1S/C11H19N3O2/c1-16-8-5-10(13)11(15)14(7-2-6-12)9-3-4-9/h9-10H,2-5,7-8,13H2,1H3. The van der Waals surface area contributed by atoms with Gasteiger partial charge in [0, 0.05) is 26.3 Å². The Morgan fingerprint density at radius 1 is 1.69 bits per heavy atom. The van der Waals surface area contributed by atoms with E-state index in [2.05, 4.69) is 6.07 Å². The van der Waals surface area contributed by atoms with Gasteiger partial charge in [0.05, 0.1) is 18.5 Å². The van der Waals surface area contributed by atoms with Crippen molar-refractivity contribution in [3.63, 3.8) is 0 Å². The van der Waals surface area contributed by atoms with Gasteiger partial charge in [-0.25, -0.2) is 0 Å². The molecule has 0 heterocycles. The lowest BCUT2D eigenvalue weighted by Gasteiger charge is -2.24. The van der Waals surface area contributed by atoms with Crippen molar-refractivity contribution in [3.05, 3.63) is 0 Å². The Morgan fingerprint density at radius 3 is 2.88 bits per heavy atom. The molecule has 0 bridgehead atoms. The zero-order valence-electron chi connectivity index (χ0n) is 9.69. The van der Waals surface area contributed by atoms with E-state index in [1.807, 2.05) is 0 Å². The second-order valence-corrected chi connectivity index (χ2v) is 4.06. The van der Waals surface area contributed by atoms with E-state index in [1.165, 1.54) is 0 Å². The second kappa shape index (κ2) is 6.46. The molecule has 1 rings (SSSR count). The maximum absolute atomic E-state index is 12.0. The molecule has 0 aromatic carbocycles. The highest BCUT2D eigenvalue weighted by molar-refractivity contribution is 5.82. The Morgan fingerprint density at radius 2 is 2.38 bits per heavy atom. The summed E-state index contributed by atoms with van der Waals surface area (Å²) < 4.78 is 4.90. The van der Waals surface area contributed by atoms with Crippen LogP contribution < -0.4 is 5.73 Å². The predicted octanol–water partition coefficient (Wildman–Crippen LogP) is 0.255. The van der Waals surface area contributed by atoms with Gasteiger partial charge in [0.1, 0.15) is 0 Å². The first kappa shape index (κ1) is 12.9. The van der Waals surface area contributed by atoms with E-state index < -0.39 is 6.04 Å². The van der Waals surface area contributed by atoms with Crippen LogP contribution in [0.3, 0.4) is 0 Å². The summed E-state index contributed by atoms with van der Waals surface area (Å²) in [4.78, 5) is 13.7. The SMILES string of the molecule is COCCC(N)C(=O)N(CCC#N)C1CC1. The summed E-state index contributed by atoms with van der Waals surface area (Å²) in [6.07, 6.45) is 2.98. The van der Waals surface area contributed by atoms with Crippen molar-refractivity contribution >= 4 is 5.91 Å². The number of carbonyl (C=O) groups excluding carboxylic acids is 1. The van der Waals surface area contributed by atoms with Crippen LogP contribution in [-0.2, 0) is 9.53 Å². The fourth-order valence-electron chi connectivity index (χ4n) is 1.61. The van der Waals surface area contributed by atoms with Gasteiger partial charge in [0.15, 0.2) is 0 Å². The van der Waals surface area contributed by atoms with Gasteiger partial charge >= 0.3 is 0 Å². The summed E-state index contributed by atoms with van der Waals surface area (Å²) in [5, 5.41) is 8.54. The molecule has 0 spiro atoms. The van der Waals surface area contributed by atoms with Crippen molar-refractivity contribution in [1.82, 2.24) is 4.90 Å². The van der Waals surface area contributed by atoms with E-state index in [4.69, 9.17) is 15.7 Å². The van der Waals surface area contributed by atoms with Gasteiger partial charge in [-0.1, -0.05) is 0 Å². The third-order valence-corrected chi connectivity index (χ3v) is 2.69. The molecule has 1 saturated carbocycles. The molecular formula is C11H19N3O2. The van der Waals surface area contributed by atoms with Gasteiger partial charge < -0.3 is 15.4 Å². The zero-order chi connectivity index (χ0) is 12.0. The smallest absolute Gasteiger partial charge is 0.239 e. The van der Waals surface area contributed by atoms with E-state index in [9.17, 15) is 4.79 Å². The van der Waals surface area contributed by atoms with Crippen molar-refractivity contribution in [2.45, 2.75) is 37.8 Å². The number of rotatable bonds is 7. The molecule has 1 atom stereocenters. The molecule has 0 aromatic rings. The lowest BCUT2D eigenvalue weighted by molar-refractivity contribution is -0.133. The first-order valence-electron chi connectivity index (χ1n) is 5.62. The van der Waals surface area contributed by atoms with Gasteiger partial charge in [0.25, 0.3) is 0 Å². The average Bonchev–Trinajstić information content (AvgIpc) is 3.10. The molecule has 1 amide bonds. The molecule has 0 aliphatic heterocycles. The van der Waals surface area contributed by atoms with Gasteiger partial charge in [0.2, 0.25) is 5.91 Å². The molecule has 1 unspecified atom stereocenters. The fraction of sp³-hybridized carbons (Fsp3) is 0.818. The van der Waals surface area contributed by atoms with Crippen molar-refractivity contribution in [1.29, 1.82) is 5.26 Å². The monoisotopic (exact) mass is 225 g/mol. The molecule has 16 heavy (non-hydrogen) atoms. The number of nitrogens with two attached hydrogens (primary N) is 1. The number of hydrogen-bond donors (Lipinski definition) is 1. The van der Waals surface area contributed by atoms with Gasteiger partial charge in [-0.2, -0.15) is 5.26 Å². The largest absolute Gasteiger partial charge is 0.385 e. The molecule has 5 nitrogen and oxygen atoms in total. The summed E-state index contributed by atoms with van der Waals surface area (Å²) >= 11 is 0. The molecule has 90 valence electrons. The summed E-state index contributed by atoms with van der Waals surface area (Å²) in [6, 6.07) is 1.87. The highest BCUT2D eigenvalue weighted by atomic mass is 16.5. The summed E-state index contributed by atoms with van der Waals surface area (Å²) in [6.45, 7) is 0.990. The van der Waals surface area contributed by atoms with Crippen molar-refractivity contribution in [2.24, 2.45) is 5.73 Å². The average molecular weight is 225 g/mol. The van der Waals surface area contributed by atoms with E-state index in [-0.39, 0.29) is 5.91 Å². The van der Waals surface area contributed by atoms with E-state index >= 15 is 0 Å². The lowest BCUT2D eigenvalue weighted by atomic mass is 10.2. The highest BCUT2D eigenvalue weighted by Crippen LogP contribution is 2.27. The molecular weight excluding hydrogens is 206 g/mol. The van der Waals surface area contributed by atoms with Crippen molar-refractivity contribution < 1.29 is 9.53 Å². The van der Waals surface area contributed by atoms with Crippen LogP contribution >= 0.6 is 0 Å². The van der Waals surface area contributed by atoms with Gasteiger partial charge in [-0.05, 0) is 19.3 Å². The summed E-state index contributed by atoms with van der Waals surface area (Å²) in [5.41, 5.74) is 5.79. The van der Waals surface area contributed by atoms with Crippen LogP contribution in [0.15, 0.2) is 0 Å². The minimum absolute atomic E-state index is 0.0465. The van der Waals surface area contributed by atoms with E-state index in [1.54, 1.807) is 12.0 Å². The van der Waals surface area contributed by atoms with Gasteiger partial charge in [-0.3, -0.25) is 4.79 Å². The Hall–Kier alpha value is -1.12. The van der Waals surface area contributed by atoms with Crippen molar-refractivity contribution in [2.75, 3.05) is 20.3 Å². The van der Waals surface area contributed by atoms with E-state index in [0.717, 1.165) is 12.8 Å². The van der Waals surface area contributed by atoms with Crippen LogP contribution in [0.2, 0.25) is 0 Å². The Bertz CT molecular complexity index is 271. The molecule has 1 fully saturated rings. The Labute approximate surface area is 96.2 Å². The maximum atomic E-state index is 12.0. The maximum Gasteiger partial charge on any atom is 0.239 e. The minimum atomic E-state index is -0.501. The molecule has 1 aliphatic rings. The first-order valence-corrected chi connectivity index (χ1v) is 5.62. The first-order chi connectivity index (χ1) is 7.70. The second-order valence-electron chi connectivity index (χ2n) is 4.06. The predicted molar refractivity (Wildman–Crippen MR) is 59.4 cm³/mol. The third-order valence-electron chi connectivity index (χ3n) is 2.69. The van der Waals surface area contributed by atoms with Gasteiger partial charge in [-0.15, -0.1) is 0 Å². The molecule has 0 saturated heterocycles. The van der Waals surface area contributed by atoms with Crippen LogP contribution in [0, 0.1) is 11.3 Å². The normalized spacial score (nSPS) is 16.6. The zero-order valence-corrected chi connectivity index (χ0v) is 9.69. The number of ether oxygens (including phenoxy) is 1. The number of nitrogens with zero attached hydrogens (tertiary/aromatic N) is 2. The summed E-state index contributed by atoms with van der Waals surface area (Å²) in [7, 11) is 1.59. The third kappa shape index (κ3) is 3.80. The van der Waals surface area contributed by atoms with E-state index in [0.29, 0.717) is 32.0 Å². The van der Waals surface area contributed by atoms with Crippen LogP contribution in [0.1, 0.15) is 25.7 Å². The Kier molecular flexibility index (Phi) is 5.23. The van der Waals surface area contributed by atoms with Crippen molar-refractivity contribution in [3.8, 4) is 6.07 Å². The highest BCUT2D eigenvalue weighted by Gasteiger charge is 2.34. The lowest BCUT2D eigenvalue weighted by Crippen LogP contribution is -2.45. The minimum Gasteiger partial charge on any atom is -0.385 e. The molecule has 2 N–H and O–H groups in total. The fourth-order valence-corrected chi connectivity index (χ4v) is 1.61.